The molecule has 1 fully saturated rings. The van der Waals surface area contributed by atoms with E-state index in [0.717, 1.165) is 32.1 Å². The first-order valence-corrected chi connectivity index (χ1v) is 8.69. The molecular formula is C15H28N2O4S. The third kappa shape index (κ3) is 7.47. The zero-order valence-electron chi connectivity index (χ0n) is 13.1. The molecule has 1 rings (SSSR count). The maximum absolute atomic E-state index is 12.2. The lowest BCUT2D eigenvalue weighted by Crippen LogP contribution is -2.49. The summed E-state index contributed by atoms with van der Waals surface area (Å²) in [7, 11) is 0. The number of hydrogen-bond donors (Lipinski definition) is 4. The second-order valence-electron chi connectivity index (χ2n) is 5.56. The average molecular weight is 332 g/mol. The van der Waals surface area contributed by atoms with Crippen molar-refractivity contribution in [2.45, 2.75) is 44.6 Å². The lowest BCUT2D eigenvalue weighted by atomic mass is 9.97. The fourth-order valence-corrected chi connectivity index (χ4v) is 2.84. The molecule has 1 saturated heterocycles. The van der Waals surface area contributed by atoms with E-state index in [0.29, 0.717) is 25.3 Å². The van der Waals surface area contributed by atoms with Gasteiger partial charge in [0.05, 0.1) is 19.8 Å². The van der Waals surface area contributed by atoms with E-state index in [1.807, 2.05) is 0 Å². The highest BCUT2D eigenvalue weighted by molar-refractivity contribution is 7.80. The quantitative estimate of drug-likeness (QED) is 0.404. The van der Waals surface area contributed by atoms with E-state index in [1.165, 1.54) is 0 Å². The Hall–Kier alpha value is -0.790. The lowest BCUT2D eigenvalue weighted by molar-refractivity contribution is -0.131. The minimum absolute atomic E-state index is 0.0300. The first kappa shape index (κ1) is 19.3. The van der Waals surface area contributed by atoms with Crippen molar-refractivity contribution in [1.82, 2.24) is 10.6 Å². The third-order valence-electron chi connectivity index (χ3n) is 3.80. The van der Waals surface area contributed by atoms with Gasteiger partial charge in [-0.15, -0.1) is 0 Å². The Kier molecular flexibility index (Phi) is 10.3. The van der Waals surface area contributed by atoms with Crippen molar-refractivity contribution in [3.8, 4) is 0 Å². The van der Waals surface area contributed by atoms with Gasteiger partial charge in [-0.3, -0.25) is 9.59 Å². The van der Waals surface area contributed by atoms with Crippen LogP contribution in [0.2, 0.25) is 0 Å². The molecule has 0 aromatic carbocycles. The summed E-state index contributed by atoms with van der Waals surface area (Å²) in [6.45, 7) is 0.963. The highest BCUT2D eigenvalue weighted by Gasteiger charge is 2.25. The van der Waals surface area contributed by atoms with Crippen LogP contribution < -0.4 is 10.6 Å². The Bertz CT molecular complexity index is 342. The number of amides is 2. The minimum atomic E-state index is -0.481. The summed E-state index contributed by atoms with van der Waals surface area (Å²) < 4.78 is 5.10. The van der Waals surface area contributed by atoms with Gasteiger partial charge in [0.2, 0.25) is 11.8 Å². The predicted octanol–water partition coefficient (Wildman–Crippen LogP) is 0.496. The van der Waals surface area contributed by atoms with Crippen molar-refractivity contribution in [2.24, 2.45) is 5.92 Å². The number of carbonyl (C=O) groups is 2. The van der Waals surface area contributed by atoms with Gasteiger partial charge in [-0.1, -0.05) is 25.7 Å². The van der Waals surface area contributed by atoms with Crippen molar-refractivity contribution in [3.63, 3.8) is 0 Å². The molecule has 0 unspecified atom stereocenters. The molecule has 6 nitrogen and oxygen atoms in total. The van der Waals surface area contributed by atoms with Gasteiger partial charge in [0.25, 0.3) is 0 Å². The maximum Gasteiger partial charge on any atom is 0.242 e. The Morgan fingerprint density at radius 2 is 2.00 bits per heavy atom. The molecule has 1 aliphatic heterocycles. The average Bonchev–Trinajstić information content (AvgIpc) is 2.52. The molecule has 0 aliphatic carbocycles. The highest BCUT2D eigenvalue weighted by atomic mass is 32.1. The SMILES string of the molecule is O=C1N[C@H](C(=O)NCCOCCO)CCCCCC[C@H]1CS. The summed E-state index contributed by atoms with van der Waals surface area (Å²) >= 11 is 4.24. The Balaban J connectivity index is 2.45. The molecule has 2 atom stereocenters. The third-order valence-corrected chi connectivity index (χ3v) is 4.24. The smallest absolute Gasteiger partial charge is 0.242 e. The number of aliphatic hydroxyl groups excluding tert-OH is 1. The fourth-order valence-electron chi connectivity index (χ4n) is 2.49. The molecule has 0 aromatic rings. The van der Waals surface area contributed by atoms with E-state index in [4.69, 9.17) is 9.84 Å². The van der Waals surface area contributed by atoms with Crippen LogP contribution in [-0.4, -0.2) is 55.1 Å². The first-order valence-electron chi connectivity index (χ1n) is 8.06. The summed E-state index contributed by atoms with van der Waals surface area (Å²) in [6.07, 6.45) is 5.65. The largest absolute Gasteiger partial charge is 0.394 e. The molecule has 0 saturated carbocycles. The normalized spacial score (nSPS) is 23.6. The summed E-state index contributed by atoms with van der Waals surface area (Å²) in [5.41, 5.74) is 0. The number of rotatable bonds is 7. The van der Waals surface area contributed by atoms with Crippen molar-refractivity contribution < 1.29 is 19.4 Å². The molecule has 0 radical (unpaired) electrons. The second kappa shape index (κ2) is 11.7. The van der Waals surface area contributed by atoms with Crippen molar-refractivity contribution in [1.29, 1.82) is 0 Å². The fraction of sp³-hybridized carbons (Fsp3) is 0.867. The monoisotopic (exact) mass is 332 g/mol. The number of thiol groups is 1. The molecule has 3 N–H and O–H groups in total. The zero-order valence-corrected chi connectivity index (χ0v) is 13.9. The van der Waals surface area contributed by atoms with E-state index in [1.54, 1.807) is 0 Å². The standard InChI is InChI=1S/C15H28N2O4S/c18-8-10-21-9-7-16-15(20)13-6-4-2-1-3-5-12(11-22)14(19)17-13/h12-13,18,22H,1-11H2,(H,16,20)(H,17,19)/t12-,13-/m0/s1. The molecule has 0 aromatic heterocycles. The van der Waals surface area contributed by atoms with Crippen LogP contribution in [0.25, 0.3) is 0 Å². The van der Waals surface area contributed by atoms with Crippen LogP contribution in [0.15, 0.2) is 0 Å². The summed E-state index contributed by atoms with van der Waals surface area (Å²) in [6, 6.07) is -0.481. The van der Waals surface area contributed by atoms with Gasteiger partial charge in [0.1, 0.15) is 6.04 Å². The van der Waals surface area contributed by atoms with Crippen molar-refractivity contribution in [2.75, 3.05) is 32.1 Å². The van der Waals surface area contributed by atoms with Crippen LogP contribution in [0.5, 0.6) is 0 Å². The Morgan fingerprint density at radius 1 is 1.27 bits per heavy atom. The van der Waals surface area contributed by atoms with Gasteiger partial charge < -0.3 is 20.5 Å². The molecule has 128 valence electrons. The van der Waals surface area contributed by atoms with Gasteiger partial charge in [-0.05, 0) is 12.8 Å². The van der Waals surface area contributed by atoms with Crippen LogP contribution in [0.4, 0.5) is 0 Å². The number of nitrogens with one attached hydrogen (secondary N) is 2. The van der Waals surface area contributed by atoms with Crippen LogP contribution in [0.1, 0.15) is 38.5 Å². The van der Waals surface area contributed by atoms with E-state index >= 15 is 0 Å². The van der Waals surface area contributed by atoms with Gasteiger partial charge >= 0.3 is 0 Å². The van der Waals surface area contributed by atoms with E-state index in [9.17, 15) is 9.59 Å². The first-order chi connectivity index (χ1) is 10.7. The summed E-state index contributed by atoms with van der Waals surface area (Å²) in [4.78, 5) is 24.4. The van der Waals surface area contributed by atoms with E-state index in [2.05, 4.69) is 23.3 Å². The minimum Gasteiger partial charge on any atom is -0.394 e. The molecule has 1 aliphatic rings. The number of hydrogen-bond acceptors (Lipinski definition) is 5. The number of aliphatic hydroxyl groups is 1. The predicted molar refractivity (Wildman–Crippen MR) is 87.9 cm³/mol. The van der Waals surface area contributed by atoms with Gasteiger partial charge in [0.15, 0.2) is 0 Å². The molecule has 1 heterocycles. The van der Waals surface area contributed by atoms with Gasteiger partial charge in [-0.2, -0.15) is 12.6 Å². The van der Waals surface area contributed by atoms with Crippen LogP contribution in [0.3, 0.4) is 0 Å². The number of carbonyl (C=O) groups excluding carboxylic acids is 2. The van der Waals surface area contributed by atoms with Gasteiger partial charge in [0, 0.05) is 18.2 Å². The Morgan fingerprint density at radius 3 is 2.68 bits per heavy atom. The molecular weight excluding hydrogens is 304 g/mol. The van der Waals surface area contributed by atoms with Crippen molar-refractivity contribution >= 4 is 24.4 Å². The topological polar surface area (TPSA) is 87.7 Å². The number of ether oxygens (including phenoxy) is 1. The molecule has 7 heteroatoms. The molecule has 0 spiro atoms. The zero-order chi connectivity index (χ0) is 16.2. The summed E-state index contributed by atoms with van der Waals surface area (Å²) in [5.74, 6) is 0.146. The summed E-state index contributed by atoms with van der Waals surface area (Å²) in [5, 5.41) is 14.2. The lowest BCUT2D eigenvalue weighted by Gasteiger charge is -2.23. The van der Waals surface area contributed by atoms with Crippen LogP contribution >= 0.6 is 12.6 Å². The van der Waals surface area contributed by atoms with Crippen LogP contribution in [-0.2, 0) is 14.3 Å². The van der Waals surface area contributed by atoms with Crippen molar-refractivity contribution in [3.05, 3.63) is 0 Å². The highest BCUT2D eigenvalue weighted by Crippen LogP contribution is 2.16. The molecule has 2 amide bonds. The maximum atomic E-state index is 12.2. The van der Waals surface area contributed by atoms with E-state index in [-0.39, 0.29) is 30.9 Å². The van der Waals surface area contributed by atoms with E-state index < -0.39 is 6.04 Å². The molecule has 22 heavy (non-hydrogen) atoms. The molecule has 0 bridgehead atoms. The second-order valence-corrected chi connectivity index (χ2v) is 5.92. The Labute approximate surface area is 137 Å². The van der Waals surface area contributed by atoms with Crippen LogP contribution in [0, 0.1) is 5.92 Å². The van der Waals surface area contributed by atoms with Gasteiger partial charge in [-0.25, -0.2) is 0 Å².